The smallest absolute Gasteiger partial charge is 0.432 e. The lowest BCUT2D eigenvalue weighted by Crippen LogP contribution is -2.14. The number of hydrogen-bond acceptors (Lipinski definition) is 12. The zero-order chi connectivity index (χ0) is 26.5. The molecular formula is C24H26O12. The van der Waals surface area contributed by atoms with E-state index in [2.05, 4.69) is 29.6 Å². The van der Waals surface area contributed by atoms with Crippen molar-refractivity contribution in [1.82, 2.24) is 0 Å². The summed E-state index contributed by atoms with van der Waals surface area (Å²) in [5.41, 5.74) is 3.52. The number of carbonyl (C=O) groups excluding carboxylic acids is 4. The third-order valence-electron chi connectivity index (χ3n) is 4.63. The number of ether oxygens (including phenoxy) is 2. The quantitative estimate of drug-likeness (QED) is 0.180. The molecule has 12 nitrogen and oxygen atoms in total. The molecule has 2 aromatic carbocycles. The number of aryl methyl sites for hydroxylation is 4. The highest BCUT2D eigenvalue weighted by atomic mass is 17.5. The average Bonchev–Trinajstić information content (AvgIpc) is 2.84. The van der Waals surface area contributed by atoms with Crippen LogP contribution in [0.3, 0.4) is 0 Å². The van der Waals surface area contributed by atoms with Crippen molar-refractivity contribution in [1.29, 1.82) is 0 Å². The fourth-order valence-corrected chi connectivity index (χ4v) is 2.72. The number of hydrogen-bond donors (Lipinski definition) is 0. The highest BCUT2D eigenvalue weighted by Gasteiger charge is 2.16. The molecule has 0 radical (unpaired) electrons. The monoisotopic (exact) mass is 506 g/mol. The summed E-state index contributed by atoms with van der Waals surface area (Å²) in [5, 5.41) is 8.30. The van der Waals surface area contributed by atoms with E-state index in [1.807, 2.05) is 12.1 Å². The molecule has 2 rings (SSSR count). The van der Waals surface area contributed by atoms with Gasteiger partial charge in [0.2, 0.25) is 0 Å². The lowest BCUT2D eigenvalue weighted by Gasteiger charge is -2.07. The Hall–Kier alpha value is -4.16. The van der Waals surface area contributed by atoms with Crippen molar-refractivity contribution >= 4 is 24.2 Å². The maximum absolute atomic E-state index is 11.9. The first-order valence-corrected chi connectivity index (χ1v) is 10.8. The van der Waals surface area contributed by atoms with Crippen molar-refractivity contribution in [2.45, 2.75) is 40.5 Å². The van der Waals surface area contributed by atoms with Crippen LogP contribution in [0.4, 0.5) is 9.59 Å². The van der Waals surface area contributed by atoms with Crippen LogP contribution in [-0.4, -0.2) is 37.5 Å². The molecule has 0 spiro atoms. The molecule has 36 heavy (non-hydrogen) atoms. The van der Waals surface area contributed by atoms with Gasteiger partial charge < -0.3 is 9.47 Å². The molecule has 0 bridgehead atoms. The van der Waals surface area contributed by atoms with Gasteiger partial charge in [0.15, 0.2) is 0 Å². The van der Waals surface area contributed by atoms with Gasteiger partial charge in [-0.15, -0.1) is 0 Å². The molecule has 0 fully saturated rings. The molecule has 0 unspecified atom stereocenters. The van der Waals surface area contributed by atoms with Gasteiger partial charge in [0.05, 0.1) is 34.4 Å². The van der Waals surface area contributed by atoms with E-state index < -0.39 is 24.2 Å². The van der Waals surface area contributed by atoms with Crippen LogP contribution in [0.25, 0.3) is 0 Å². The number of carbonyl (C=O) groups is 4. The third-order valence-corrected chi connectivity index (χ3v) is 4.63. The van der Waals surface area contributed by atoms with E-state index in [4.69, 9.17) is 9.47 Å². The lowest BCUT2D eigenvalue weighted by molar-refractivity contribution is -0.452. The third kappa shape index (κ3) is 9.60. The summed E-state index contributed by atoms with van der Waals surface area (Å²) in [6, 6.07) is 10.3. The van der Waals surface area contributed by atoms with Gasteiger partial charge in [0.1, 0.15) is 0 Å². The van der Waals surface area contributed by atoms with E-state index in [1.165, 1.54) is 0 Å². The van der Waals surface area contributed by atoms with Crippen molar-refractivity contribution < 1.29 is 58.3 Å². The zero-order valence-corrected chi connectivity index (χ0v) is 20.2. The first-order valence-electron chi connectivity index (χ1n) is 10.8. The van der Waals surface area contributed by atoms with Crippen molar-refractivity contribution in [3.05, 3.63) is 69.8 Å². The minimum atomic E-state index is -1.23. The number of benzene rings is 2. The van der Waals surface area contributed by atoms with Crippen molar-refractivity contribution in [3.8, 4) is 0 Å². The molecular weight excluding hydrogens is 480 g/mol. The second kappa shape index (κ2) is 14.3. The fourth-order valence-electron chi connectivity index (χ4n) is 2.72. The summed E-state index contributed by atoms with van der Waals surface area (Å²) in [4.78, 5) is 63.9. The molecule has 0 aromatic heterocycles. The van der Waals surface area contributed by atoms with E-state index in [-0.39, 0.29) is 37.2 Å². The Labute approximate surface area is 206 Å². The fraction of sp³-hybridized carbons (Fsp3) is 0.333. The second-order valence-corrected chi connectivity index (χ2v) is 7.59. The van der Waals surface area contributed by atoms with Crippen molar-refractivity contribution in [3.63, 3.8) is 0 Å². The molecule has 2 aromatic rings. The molecule has 194 valence electrons. The molecule has 0 aliphatic heterocycles. The summed E-state index contributed by atoms with van der Waals surface area (Å²) >= 11 is 0. The molecule has 0 saturated carbocycles. The van der Waals surface area contributed by atoms with Crippen molar-refractivity contribution in [2.75, 3.05) is 13.2 Å². The molecule has 12 heteroatoms. The summed E-state index contributed by atoms with van der Waals surface area (Å²) in [6.07, 6.45) is -1.90. The first-order chi connectivity index (χ1) is 17.2. The minimum absolute atomic E-state index is 0.102. The topological polar surface area (TPSA) is 142 Å². The number of rotatable bonds is 11. The maximum Gasteiger partial charge on any atom is 0.543 e. The van der Waals surface area contributed by atoms with Crippen LogP contribution in [0.5, 0.6) is 0 Å². The normalized spacial score (nSPS) is 10.2. The number of unbranched alkanes of at least 4 members (excludes halogenated alkanes) is 1. The van der Waals surface area contributed by atoms with E-state index in [1.54, 1.807) is 52.0 Å². The Morgan fingerprint density at radius 2 is 0.972 bits per heavy atom. The SMILES string of the molecule is Cc1ccc(C)c(C(=O)OOOC(=O)OCCCCOC(=O)OOOC(=O)c2cc(C)ccc2C)c1. The van der Waals surface area contributed by atoms with Gasteiger partial charge in [-0.3, -0.25) is 9.78 Å². The van der Waals surface area contributed by atoms with Crippen LogP contribution in [-0.2, 0) is 39.1 Å². The van der Waals surface area contributed by atoms with Crippen LogP contribution in [0.15, 0.2) is 36.4 Å². The van der Waals surface area contributed by atoms with E-state index in [0.717, 1.165) is 11.1 Å². The molecule has 0 atom stereocenters. The predicted molar refractivity (Wildman–Crippen MR) is 119 cm³/mol. The van der Waals surface area contributed by atoms with Gasteiger partial charge in [0.25, 0.3) is 0 Å². The minimum Gasteiger partial charge on any atom is -0.432 e. The predicted octanol–water partition coefficient (Wildman–Crippen LogP) is 4.71. The molecule has 0 aliphatic carbocycles. The molecule has 0 saturated heterocycles. The van der Waals surface area contributed by atoms with Gasteiger partial charge >= 0.3 is 24.2 Å². The zero-order valence-electron chi connectivity index (χ0n) is 20.2. The molecule has 0 amide bonds. The Balaban J connectivity index is 1.50. The van der Waals surface area contributed by atoms with E-state index >= 15 is 0 Å². The Morgan fingerprint density at radius 3 is 1.36 bits per heavy atom. The summed E-state index contributed by atoms with van der Waals surface area (Å²) < 4.78 is 9.40. The largest absolute Gasteiger partial charge is 0.543 e. The molecule has 0 heterocycles. The van der Waals surface area contributed by atoms with Gasteiger partial charge in [-0.25, -0.2) is 29.0 Å². The van der Waals surface area contributed by atoms with Gasteiger partial charge in [0, 0.05) is 0 Å². The molecule has 0 aliphatic rings. The Kier molecular flexibility index (Phi) is 11.1. The van der Waals surface area contributed by atoms with Crippen LogP contribution in [0, 0.1) is 27.7 Å². The van der Waals surface area contributed by atoms with Crippen LogP contribution < -0.4 is 0 Å². The lowest BCUT2D eigenvalue weighted by atomic mass is 10.1. The highest BCUT2D eigenvalue weighted by molar-refractivity contribution is 5.91. The van der Waals surface area contributed by atoms with Gasteiger partial charge in [-0.2, -0.15) is 0 Å². The summed E-state index contributed by atoms with van der Waals surface area (Å²) in [7, 11) is 0. The summed E-state index contributed by atoms with van der Waals surface area (Å²) in [6.45, 7) is 6.83. The maximum atomic E-state index is 11.9. The van der Waals surface area contributed by atoms with Crippen LogP contribution in [0.1, 0.15) is 55.8 Å². The first kappa shape index (κ1) is 28.1. The van der Waals surface area contributed by atoms with Crippen LogP contribution in [0.2, 0.25) is 0 Å². The summed E-state index contributed by atoms with van der Waals surface area (Å²) in [5.74, 6) is -1.67. The van der Waals surface area contributed by atoms with E-state index in [9.17, 15) is 19.2 Å². The Bertz CT molecular complexity index is 993. The van der Waals surface area contributed by atoms with Gasteiger partial charge in [-0.05, 0) is 63.8 Å². The van der Waals surface area contributed by atoms with Crippen molar-refractivity contribution in [2.24, 2.45) is 0 Å². The Morgan fingerprint density at radius 1 is 0.583 bits per heavy atom. The highest BCUT2D eigenvalue weighted by Crippen LogP contribution is 2.13. The standard InChI is InChI=1S/C24H26O12/c1-15-7-9-17(3)19(13-15)21(25)31-35-33-23(27)29-11-5-6-12-30-24(28)34-36-32-22(26)20-14-16(2)8-10-18(20)4/h7-10,13-14H,5-6,11-12H2,1-4H3. The van der Waals surface area contributed by atoms with Gasteiger partial charge in [-0.1, -0.05) is 35.4 Å². The van der Waals surface area contributed by atoms with Crippen LogP contribution >= 0.6 is 0 Å². The molecule has 0 N–H and O–H groups in total. The second-order valence-electron chi connectivity index (χ2n) is 7.59. The average molecular weight is 506 g/mol. The van der Waals surface area contributed by atoms with E-state index in [0.29, 0.717) is 11.1 Å².